The average Bonchev–Trinajstić information content (AvgIpc) is 3.06. The third kappa shape index (κ3) is 3.19. The summed E-state index contributed by atoms with van der Waals surface area (Å²) >= 11 is 0. The molecular formula is C18H22FN3O2. The van der Waals surface area contributed by atoms with Crippen LogP contribution in [0.4, 0.5) is 4.39 Å². The third-order valence-electron chi connectivity index (χ3n) is 4.60. The number of aryl methyl sites for hydroxylation is 2. The van der Waals surface area contributed by atoms with E-state index < -0.39 is 0 Å². The van der Waals surface area contributed by atoms with Crippen molar-refractivity contribution < 1.29 is 13.9 Å². The van der Waals surface area contributed by atoms with E-state index in [9.17, 15) is 9.18 Å². The van der Waals surface area contributed by atoms with E-state index in [1.807, 2.05) is 25.6 Å². The number of carbonyl (C=O) groups is 1. The Balaban J connectivity index is 1.72. The first-order valence-electron chi connectivity index (χ1n) is 8.12. The van der Waals surface area contributed by atoms with Crippen LogP contribution in [-0.4, -0.2) is 28.3 Å². The molecule has 5 nitrogen and oxygen atoms in total. The quantitative estimate of drug-likeness (QED) is 0.936. The van der Waals surface area contributed by atoms with Crippen molar-refractivity contribution in [2.45, 2.75) is 38.8 Å². The largest absolute Gasteiger partial charge is 0.371 e. The fraction of sp³-hybridized carbons (Fsp3) is 0.444. The van der Waals surface area contributed by atoms with Gasteiger partial charge in [0.15, 0.2) is 0 Å². The topological polar surface area (TPSA) is 56.1 Å². The maximum absolute atomic E-state index is 13.7. The molecule has 1 aliphatic rings. The summed E-state index contributed by atoms with van der Waals surface area (Å²) < 4.78 is 21.4. The number of aromatic nitrogens is 2. The Hall–Kier alpha value is -2.21. The summed E-state index contributed by atoms with van der Waals surface area (Å²) in [5, 5.41) is 7.42. The van der Waals surface area contributed by atoms with Crippen molar-refractivity contribution in [3.8, 4) is 0 Å². The Morgan fingerprint density at radius 1 is 1.42 bits per heavy atom. The second-order valence-corrected chi connectivity index (χ2v) is 6.23. The van der Waals surface area contributed by atoms with Gasteiger partial charge in [-0.2, -0.15) is 5.10 Å². The van der Waals surface area contributed by atoms with Crippen molar-refractivity contribution in [3.63, 3.8) is 0 Å². The Morgan fingerprint density at radius 3 is 2.83 bits per heavy atom. The molecule has 1 aliphatic heterocycles. The van der Waals surface area contributed by atoms with Gasteiger partial charge in [0, 0.05) is 24.9 Å². The van der Waals surface area contributed by atoms with Crippen LogP contribution in [0.3, 0.4) is 0 Å². The summed E-state index contributed by atoms with van der Waals surface area (Å²) in [5.41, 5.74) is 3.38. The van der Waals surface area contributed by atoms with E-state index in [0.717, 1.165) is 23.4 Å². The number of hydrogen-bond acceptors (Lipinski definition) is 3. The second kappa shape index (κ2) is 6.73. The lowest BCUT2D eigenvalue weighted by Gasteiger charge is -2.20. The molecule has 0 aliphatic carbocycles. The summed E-state index contributed by atoms with van der Waals surface area (Å²) in [6.45, 7) is 4.53. The van der Waals surface area contributed by atoms with Gasteiger partial charge in [-0.1, -0.05) is 18.2 Å². The molecule has 0 radical (unpaired) electrons. The number of nitrogens with zero attached hydrogens (tertiary/aromatic N) is 2. The van der Waals surface area contributed by atoms with Crippen molar-refractivity contribution in [2.75, 3.05) is 6.61 Å². The first kappa shape index (κ1) is 16.6. The molecule has 1 saturated heterocycles. The smallest absolute Gasteiger partial charge is 0.224 e. The number of halogens is 1. The first-order chi connectivity index (χ1) is 11.5. The van der Waals surface area contributed by atoms with E-state index >= 15 is 0 Å². The molecule has 0 bridgehead atoms. The zero-order chi connectivity index (χ0) is 17.3. The Kier molecular flexibility index (Phi) is 4.66. The lowest BCUT2D eigenvalue weighted by Crippen LogP contribution is -2.38. The minimum absolute atomic E-state index is 0.0287. The number of amides is 1. The molecule has 1 amide bonds. The van der Waals surface area contributed by atoms with E-state index in [4.69, 9.17) is 4.74 Å². The molecule has 0 saturated carbocycles. The number of benzene rings is 1. The van der Waals surface area contributed by atoms with Crippen LogP contribution < -0.4 is 5.32 Å². The molecule has 1 N–H and O–H groups in total. The maximum Gasteiger partial charge on any atom is 0.224 e. The molecular weight excluding hydrogens is 309 g/mol. The molecule has 1 fully saturated rings. The van der Waals surface area contributed by atoms with Gasteiger partial charge in [0.05, 0.1) is 18.2 Å². The Morgan fingerprint density at radius 2 is 2.17 bits per heavy atom. The third-order valence-corrected chi connectivity index (χ3v) is 4.60. The summed E-state index contributed by atoms with van der Waals surface area (Å²) in [6, 6.07) is 6.23. The predicted octanol–water partition coefficient (Wildman–Crippen LogP) is 2.36. The fourth-order valence-electron chi connectivity index (χ4n) is 3.30. The lowest BCUT2D eigenvalue weighted by molar-refractivity contribution is -0.121. The van der Waals surface area contributed by atoms with Crippen LogP contribution in [0.15, 0.2) is 24.3 Å². The average molecular weight is 331 g/mol. The Labute approximate surface area is 140 Å². The minimum atomic E-state index is -0.356. The van der Waals surface area contributed by atoms with Gasteiger partial charge in [0.2, 0.25) is 5.91 Å². The van der Waals surface area contributed by atoms with Gasteiger partial charge >= 0.3 is 0 Å². The molecule has 2 atom stereocenters. The second-order valence-electron chi connectivity index (χ2n) is 6.23. The Bertz CT molecular complexity index is 757. The van der Waals surface area contributed by atoms with Crippen LogP contribution in [0, 0.1) is 19.7 Å². The highest BCUT2D eigenvalue weighted by Gasteiger charge is 2.34. The molecule has 3 rings (SSSR count). The van der Waals surface area contributed by atoms with Crippen LogP contribution >= 0.6 is 0 Å². The normalized spacial score (nSPS) is 20.3. The molecule has 1 aromatic carbocycles. The van der Waals surface area contributed by atoms with E-state index in [1.54, 1.807) is 18.2 Å². The van der Waals surface area contributed by atoms with Crippen molar-refractivity contribution in [2.24, 2.45) is 7.05 Å². The van der Waals surface area contributed by atoms with Gasteiger partial charge in [-0.05, 0) is 31.9 Å². The van der Waals surface area contributed by atoms with Crippen LogP contribution in [0.25, 0.3) is 0 Å². The van der Waals surface area contributed by atoms with Crippen molar-refractivity contribution in [1.29, 1.82) is 0 Å². The highest BCUT2D eigenvalue weighted by atomic mass is 19.1. The molecule has 0 unspecified atom stereocenters. The summed E-state index contributed by atoms with van der Waals surface area (Å²) in [4.78, 5) is 12.3. The van der Waals surface area contributed by atoms with E-state index in [2.05, 4.69) is 10.4 Å². The zero-order valence-corrected chi connectivity index (χ0v) is 14.2. The van der Waals surface area contributed by atoms with Gasteiger partial charge in [0.25, 0.3) is 0 Å². The predicted molar refractivity (Wildman–Crippen MR) is 88.0 cm³/mol. The molecule has 1 aromatic heterocycles. The highest BCUT2D eigenvalue weighted by molar-refractivity contribution is 5.79. The van der Waals surface area contributed by atoms with E-state index in [0.29, 0.717) is 12.2 Å². The van der Waals surface area contributed by atoms with Crippen LogP contribution in [0.5, 0.6) is 0 Å². The molecule has 6 heteroatoms. The number of carbonyl (C=O) groups excluding carboxylic acids is 1. The summed E-state index contributed by atoms with van der Waals surface area (Å²) in [7, 11) is 1.90. The molecule has 128 valence electrons. The van der Waals surface area contributed by atoms with Gasteiger partial charge in [-0.3, -0.25) is 9.48 Å². The van der Waals surface area contributed by atoms with E-state index in [1.165, 1.54) is 6.07 Å². The van der Waals surface area contributed by atoms with Crippen LogP contribution in [0.2, 0.25) is 0 Å². The molecule has 2 heterocycles. The fourth-order valence-corrected chi connectivity index (χ4v) is 3.30. The zero-order valence-electron chi connectivity index (χ0n) is 14.2. The van der Waals surface area contributed by atoms with Gasteiger partial charge in [-0.25, -0.2) is 4.39 Å². The van der Waals surface area contributed by atoms with Crippen molar-refractivity contribution in [3.05, 3.63) is 52.6 Å². The minimum Gasteiger partial charge on any atom is -0.371 e. The summed E-state index contributed by atoms with van der Waals surface area (Å²) in [5.74, 6) is -0.550. The van der Waals surface area contributed by atoms with Crippen LogP contribution in [-0.2, 0) is 23.0 Å². The lowest BCUT2D eigenvalue weighted by atomic mass is 10.00. The van der Waals surface area contributed by atoms with E-state index in [-0.39, 0.29) is 30.3 Å². The standard InChI is InChI=1S/C18H22FN3O2/c1-11-17(12(2)22(3)21-11)18-15(8-9-24-18)20-16(23)10-13-6-4-5-7-14(13)19/h4-7,15,18H,8-10H2,1-3H3,(H,20,23)/t15-,18-/m0/s1. The highest BCUT2D eigenvalue weighted by Crippen LogP contribution is 2.33. The van der Waals surface area contributed by atoms with Gasteiger partial charge in [-0.15, -0.1) is 0 Å². The van der Waals surface area contributed by atoms with Crippen LogP contribution in [0.1, 0.15) is 35.0 Å². The molecule has 0 spiro atoms. The summed E-state index contributed by atoms with van der Waals surface area (Å²) in [6.07, 6.45) is 0.561. The van der Waals surface area contributed by atoms with Gasteiger partial charge < -0.3 is 10.1 Å². The maximum atomic E-state index is 13.7. The van der Waals surface area contributed by atoms with Gasteiger partial charge in [0.1, 0.15) is 11.9 Å². The number of hydrogen-bond donors (Lipinski definition) is 1. The monoisotopic (exact) mass is 331 g/mol. The number of rotatable bonds is 4. The van der Waals surface area contributed by atoms with Crippen molar-refractivity contribution in [1.82, 2.24) is 15.1 Å². The molecule has 2 aromatic rings. The number of ether oxygens (including phenoxy) is 1. The SMILES string of the molecule is Cc1nn(C)c(C)c1[C@H]1OCC[C@@H]1NC(=O)Cc1ccccc1F. The molecule has 24 heavy (non-hydrogen) atoms. The number of nitrogens with one attached hydrogen (secondary N) is 1. The van der Waals surface area contributed by atoms with Crippen molar-refractivity contribution >= 4 is 5.91 Å². The first-order valence-corrected chi connectivity index (χ1v) is 8.12.